The highest BCUT2D eigenvalue weighted by Gasteiger charge is 2.07. The molecule has 1 amide bonds. The topological polar surface area (TPSA) is 29.1 Å². The Balaban J connectivity index is 2.26. The summed E-state index contributed by atoms with van der Waals surface area (Å²) in [4.78, 5) is 12.7. The third kappa shape index (κ3) is 4.79. The molecule has 1 atom stereocenters. The lowest BCUT2D eigenvalue weighted by Gasteiger charge is -2.12. The molecule has 0 saturated carbocycles. The molecular weight excluding hydrogens is 206 g/mol. The number of nitrogens with one attached hydrogen (secondary N) is 1. The predicted molar refractivity (Wildman–Crippen MR) is 65.1 cm³/mol. The Morgan fingerprint density at radius 3 is 3.13 bits per heavy atom. The molecule has 1 rings (SSSR count). The molecule has 15 heavy (non-hydrogen) atoms. The first kappa shape index (κ1) is 12.0. The van der Waals surface area contributed by atoms with E-state index in [0.717, 1.165) is 12.8 Å². The van der Waals surface area contributed by atoms with Crippen LogP contribution in [-0.4, -0.2) is 11.9 Å². The molecule has 0 bridgehead atoms. The van der Waals surface area contributed by atoms with Crippen LogP contribution in [0.3, 0.4) is 0 Å². The summed E-state index contributed by atoms with van der Waals surface area (Å²) in [7, 11) is 0. The van der Waals surface area contributed by atoms with E-state index in [4.69, 9.17) is 0 Å². The fourth-order valence-corrected chi connectivity index (χ4v) is 2.20. The number of amides is 1. The lowest BCUT2D eigenvalue weighted by atomic mass is 10.2. The van der Waals surface area contributed by atoms with E-state index in [1.165, 1.54) is 4.88 Å². The smallest absolute Gasteiger partial charge is 0.220 e. The summed E-state index contributed by atoms with van der Waals surface area (Å²) < 4.78 is 0. The molecular formula is C12H17NOS. The maximum absolute atomic E-state index is 11.4. The van der Waals surface area contributed by atoms with E-state index in [0.29, 0.717) is 6.42 Å². The van der Waals surface area contributed by atoms with Crippen LogP contribution in [0.4, 0.5) is 0 Å². The summed E-state index contributed by atoms with van der Waals surface area (Å²) in [6, 6.07) is 4.34. The second kappa shape index (κ2) is 6.40. The number of hydrogen-bond acceptors (Lipinski definition) is 2. The van der Waals surface area contributed by atoms with Crippen LogP contribution in [0.1, 0.15) is 24.6 Å². The van der Waals surface area contributed by atoms with Gasteiger partial charge in [0.1, 0.15) is 0 Å². The van der Waals surface area contributed by atoms with Crippen LogP contribution in [0.25, 0.3) is 0 Å². The Bertz CT molecular complexity index is 305. The number of hydrogen-bond donors (Lipinski definition) is 1. The minimum Gasteiger partial charge on any atom is -0.353 e. The molecule has 2 nitrogen and oxygen atoms in total. The van der Waals surface area contributed by atoms with Gasteiger partial charge in [0.25, 0.3) is 0 Å². The molecule has 3 heteroatoms. The molecule has 0 aliphatic rings. The maximum atomic E-state index is 11.4. The second-order valence-corrected chi connectivity index (χ2v) is 4.61. The van der Waals surface area contributed by atoms with Crippen LogP contribution in [-0.2, 0) is 11.2 Å². The van der Waals surface area contributed by atoms with E-state index in [-0.39, 0.29) is 11.9 Å². The predicted octanol–water partition coefficient (Wildman–Crippen LogP) is 2.76. The van der Waals surface area contributed by atoms with Gasteiger partial charge in [0, 0.05) is 23.8 Å². The van der Waals surface area contributed by atoms with E-state index in [1.807, 2.05) is 13.0 Å². The molecule has 0 saturated heterocycles. The average Bonchev–Trinajstić information content (AvgIpc) is 2.67. The molecule has 0 fully saturated rings. The van der Waals surface area contributed by atoms with Gasteiger partial charge in [-0.15, -0.1) is 17.9 Å². The highest BCUT2D eigenvalue weighted by molar-refractivity contribution is 7.09. The number of carbonyl (C=O) groups excluding carboxylic acids is 1. The van der Waals surface area contributed by atoms with Gasteiger partial charge in [-0.05, 0) is 24.8 Å². The average molecular weight is 223 g/mol. The Hall–Kier alpha value is -1.09. The van der Waals surface area contributed by atoms with Gasteiger partial charge in [-0.1, -0.05) is 12.1 Å². The normalized spacial score (nSPS) is 12.1. The molecule has 1 heterocycles. The maximum Gasteiger partial charge on any atom is 0.220 e. The zero-order valence-electron chi connectivity index (χ0n) is 9.03. The molecule has 0 spiro atoms. The van der Waals surface area contributed by atoms with E-state index >= 15 is 0 Å². The molecule has 82 valence electrons. The van der Waals surface area contributed by atoms with Gasteiger partial charge >= 0.3 is 0 Å². The number of carbonyl (C=O) groups is 1. The summed E-state index contributed by atoms with van der Waals surface area (Å²) in [5.74, 6) is 0.110. The van der Waals surface area contributed by atoms with Crippen molar-refractivity contribution in [2.75, 3.05) is 0 Å². The van der Waals surface area contributed by atoms with Crippen LogP contribution >= 0.6 is 11.3 Å². The van der Waals surface area contributed by atoms with Crippen molar-refractivity contribution in [3.05, 3.63) is 35.0 Å². The van der Waals surface area contributed by atoms with Crippen LogP contribution in [0, 0.1) is 0 Å². The van der Waals surface area contributed by atoms with Crippen LogP contribution in [0.15, 0.2) is 30.2 Å². The van der Waals surface area contributed by atoms with Gasteiger partial charge in [-0.2, -0.15) is 0 Å². The first-order valence-electron chi connectivity index (χ1n) is 5.15. The van der Waals surface area contributed by atoms with Crippen LogP contribution in [0.5, 0.6) is 0 Å². The van der Waals surface area contributed by atoms with Crippen molar-refractivity contribution >= 4 is 17.2 Å². The summed E-state index contributed by atoms with van der Waals surface area (Å²) in [5.41, 5.74) is 0. The lowest BCUT2D eigenvalue weighted by molar-refractivity contribution is -0.121. The van der Waals surface area contributed by atoms with E-state index < -0.39 is 0 Å². The lowest BCUT2D eigenvalue weighted by Crippen LogP contribution is -2.33. The Labute approximate surface area is 95.0 Å². The van der Waals surface area contributed by atoms with Gasteiger partial charge in [-0.25, -0.2) is 0 Å². The largest absolute Gasteiger partial charge is 0.353 e. The fraction of sp³-hybridized carbons (Fsp3) is 0.417. The quantitative estimate of drug-likeness (QED) is 0.738. The standard InChI is InChI=1S/C12H17NOS/c1-3-4-7-12(14)13-10(2)9-11-6-5-8-15-11/h3,5-6,8,10H,1,4,7,9H2,2H3,(H,13,14). The molecule has 1 aromatic heterocycles. The Morgan fingerprint density at radius 2 is 2.53 bits per heavy atom. The van der Waals surface area contributed by atoms with E-state index in [1.54, 1.807) is 17.4 Å². The molecule has 1 N–H and O–H groups in total. The van der Waals surface area contributed by atoms with Crippen molar-refractivity contribution in [1.29, 1.82) is 0 Å². The van der Waals surface area contributed by atoms with Crippen molar-refractivity contribution in [3.63, 3.8) is 0 Å². The second-order valence-electron chi connectivity index (χ2n) is 3.58. The summed E-state index contributed by atoms with van der Waals surface area (Å²) >= 11 is 1.73. The van der Waals surface area contributed by atoms with Gasteiger partial charge in [0.2, 0.25) is 5.91 Å². The zero-order valence-corrected chi connectivity index (χ0v) is 9.85. The SMILES string of the molecule is C=CCCC(=O)NC(C)Cc1cccs1. The summed E-state index contributed by atoms with van der Waals surface area (Å²) in [5, 5.41) is 5.03. The Kier molecular flexibility index (Phi) is 5.12. The molecule has 0 aromatic carbocycles. The van der Waals surface area contributed by atoms with Crippen LogP contribution in [0.2, 0.25) is 0 Å². The molecule has 1 aromatic rings. The van der Waals surface area contributed by atoms with E-state index in [9.17, 15) is 4.79 Å². The fourth-order valence-electron chi connectivity index (χ4n) is 1.36. The number of rotatable bonds is 6. The third-order valence-corrected chi connectivity index (χ3v) is 2.97. The van der Waals surface area contributed by atoms with Gasteiger partial charge in [0.05, 0.1) is 0 Å². The van der Waals surface area contributed by atoms with Gasteiger partial charge in [-0.3, -0.25) is 4.79 Å². The molecule has 1 unspecified atom stereocenters. The summed E-state index contributed by atoms with van der Waals surface area (Å²) in [6.07, 6.45) is 3.97. The zero-order chi connectivity index (χ0) is 11.1. The summed E-state index contributed by atoms with van der Waals surface area (Å²) in [6.45, 7) is 5.63. The molecule has 0 radical (unpaired) electrons. The monoisotopic (exact) mass is 223 g/mol. The molecule has 0 aliphatic carbocycles. The first-order valence-corrected chi connectivity index (χ1v) is 6.03. The van der Waals surface area contributed by atoms with Crippen molar-refractivity contribution in [2.45, 2.75) is 32.2 Å². The third-order valence-electron chi connectivity index (χ3n) is 2.07. The van der Waals surface area contributed by atoms with E-state index in [2.05, 4.69) is 23.3 Å². The number of thiophene rings is 1. The van der Waals surface area contributed by atoms with Crippen LogP contribution < -0.4 is 5.32 Å². The van der Waals surface area contributed by atoms with Gasteiger partial charge in [0.15, 0.2) is 0 Å². The van der Waals surface area contributed by atoms with Gasteiger partial charge < -0.3 is 5.32 Å². The first-order chi connectivity index (χ1) is 7.22. The minimum absolute atomic E-state index is 0.110. The molecule has 0 aliphatic heterocycles. The number of allylic oxidation sites excluding steroid dienone is 1. The van der Waals surface area contributed by atoms with Crippen molar-refractivity contribution < 1.29 is 4.79 Å². The Morgan fingerprint density at radius 1 is 1.73 bits per heavy atom. The van der Waals surface area contributed by atoms with Crippen molar-refractivity contribution in [2.24, 2.45) is 0 Å². The van der Waals surface area contributed by atoms with Crippen molar-refractivity contribution in [1.82, 2.24) is 5.32 Å². The highest BCUT2D eigenvalue weighted by atomic mass is 32.1. The minimum atomic E-state index is 0.110. The highest BCUT2D eigenvalue weighted by Crippen LogP contribution is 2.10. The van der Waals surface area contributed by atoms with Crippen molar-refractivity contribution in [3.8, 4) is 0 Å².